The molecule has 2 rings (SSSR count). The highest BCUT2D eigenvalue weighted by Gasteiger charge is 2.55. The monoisotopic (exact) mass is 332 g/mol. The average Bonchev–Trinajstić information content (AvgIpc) is 2.60. The van der Waals surface area contributed by atoms with E-state index in [2.05, 4.69) is 5.73 Å². The maximum atomic E-state index is 10.1. The summed E-state index contributed by atoms with van der Waals surface area (Å²) in [5, 5.41) is 30.1. The van der Waals surface area contributed by atoms with E-state index < -0.39 is 18.3 Å². The molecule has 0 aromatic rings. The molecule has 0 saturated carbocycles. The maximum absolute atomic E-state index is 10.1. The molecule has 2 aliphatic rings. The number of quaternary nitrogens is 2. The molecule has 0 aromatic heterocycles. The van der Waals surface area contributed by atoms with E-state index in [0.717, 1.165) is 30.8 Å². The van der Waals surface area contributed by atoms with Crippen molar-refractivity contribution in [1.82, 2.24) is 0 Å². The van der Waals surface area contributed by atoms with Gasteiger partial charge in [0.25, 0.3) is 0 Å². The highest BCUT2D eigenvalue weighted by Crippen LogP contribution is 2.18. The third-order valence-corrected chi connectivity index (χ3v) is 4.25. The van der Waals surface area contributed by atoms with Crippen molar-refractivity contribution in [3.8, 4) is 0 Å². The molecule has 0 spiro atoms. The van der Waals surface area contributed by atoms with E-state index in [0.29, 0.717) is 19.6 Å². The second kappa shape index (κ2) is 9.38. The van der Waals surface area contributed by atoms with Crippen molar-refractivity contribution in [2.24, 2.45) is 0 Å². The Balaban J connectivity index is 0.00000180. The van der Waals surface area contributed by atoms with Crippen molar-refractivity contribution in [1.29, 1.82) is 0 Å². The lowest BCUT2D eigenvalue weighted by molar-refractivity contribution is -0.947. The fraction of sp³-hybridized carbons (Fsp3) is 1.00. The Kier molecular flexibility index (Phi) is 9.54. The normalized spacial score (nSPS) is 39.6. The van der Waals surface area contributed by atoms with Crippen LogP contribution < -0.4 is 35.4 Å². The number of hydrogen-bond donors (Lipinski definition) is 5. The van der Waals surface area contributed by atoms with E-state index in [1.165, 1.54) is 0 Å². The van der Waals surface area contributed by atoms with Crippen LogP contribution in [0.25, 0.3) is 0 Å². The minimum atomic E-state index is -0.836. The lowest BCUT2D eigenvalue weighted by atomic mass is 9.97. The molecule has 2 heterocycles. The molecule has 6 nitrogen and oxygen atoms in total. The Morgan fingerprint density at radius 1 is 1.15 bits per heavy atom. The molecular formula is C12H26Cl2N2O4. The van der Waals surface area contributed by atoms with Crippen LogP contribution in [0.1, 0.15) is 19.3 Å². The molecular weight excluding hydrogens is 307 g/mol. The van der Waals surface area contributed by atoms with Crippen LogP contribution in [0.2, 0.25) is 0 Å². The number of nitrogens with one attached hydrogen (secondary N) is 1. The summed E-state index contributed by atoms with van der Waals surface area (Å²) in [5.74, 6) is 0. The Labute approximate surface area is 132 Å². The third kappa shape index (κ3) is 4.18. The molecule has 8 heteroatoms. The SMILES string of the molecule is [Cl-].[Cl-].[NH3+]CCCOC[C@H]1[C@@H](O)[C@@H](O)[C@H]2[C@H](O)CCC[NH+]21. The molecule has 6 atom stereocenters. The molecule has 1 unspecified atom stereocenters. The van der Waals surface area contributed by atoms with Gasteiger partial charge in [0.1, 0.15) is 37.0 Å². The Bertz CT molecular complexity index is 276. The predicted octanol–water partition coefficient (Wildman–Crippen LogP) is -9.84. The van der Waals surface area contributed by atoms with Crippen LogP contribution >= 0.6 is 0 Å². The van der Waals surface area contributed by atoms with E-state index in [1.807, 2.05) is 0 Å². The number of halogens is 2. The van der Waals surface area contributed by atoms with Crippen LogP contribution in [0, 0.1) is 0 Å². The van der Waals surface area contributed by atoms with Crippen molar-refractivity contribution < 1.29 is 55.5 Å². The van der Waals surface area contributed by atoms with Gasteiger partial charge in [0.15, 0.2) is 0 Å². The zero-order valence-electron chi connectivity index (χ0n) is 11.5. The molecule has 0 aromatic carbocycles. The van der Waals surface area contributed by atoms with Gasteiger partial charge in [-0.2, -0.15) is 0 Å². The fourth-order valence-corrected chi connectivity index (χ4v) is 3.28. The summed E-state index contributed by atoms with van der Waals surface area (Å²) in [4.78, 5) is 1.10. The van der Waals surface area contributed by atoms with Gasteiger partial charge in [-0.1, -0.05) is 0 Å². The second-order valence-corrected chi connectivity index (χ2v) is 5.43. The number of rotatable bonds is 5. The summed E-state index contributed by atoms with van der Waals surface area (Å²) in [6.07, 6.45) is 0.416. The van der Waals surface area contributed by atoms with Crippen molar-refractivity contribution in [3.63, 3.8) is 0 Å². The van der Waals surface area contributed by atoms with Gasteiger partial charge in [0.05, 0.1) is 19.7 Å². The van der Waals surface area contributed by atoms with Gasteiger partial charge in [0.2, 0.25) is 0 Å². The lowest BCUT2D eigenvalue weighted by Crippen LogP contribution is -3.20. The summed E-state index contributed by atoms with van der Waals surface area (Å²) < 4.78 is 5.55. The highest BCUT2D eigenvalue weighted by molar-refractivity contribution is 4.93. The minimum Gasteiger partial charge on any atom is -1.00 e. The number of piperidine rings is 1. The molecule has 7 N–H and O–H groups in total. The third-order valence-electron chi connectivity index (χ3n) is 4.25. The topological polar surface area (TPSA) is 102 Å². The largest absolute Gasteiger partial charge is 1.00 e. The Hall–Kier alpha value is 0.340. The predicted molar refractivity (Wildman–Crippen MR) is 63.9 cm³/mol. The van der Waals surface area contributed by atoms with E-state index >= 15 is 0 Å². The average molecular weight is 333 g/mol. The molecule has 20 heavy (non-hydrogen) atoms. The smallest absolute Gasteiger partial charge is 0.143 e. The van der Waals surface area contributed by atoms with Gasteiger partial charge in [-0.3, -0.25) is 0 Å². The highest BCUT2D eigenvalue weighted by atomic mass is 35.5. The molecule has 2 aliphatic heterocycles. The Morgan fingerprint density at radius 2 is 1.85 bits per heavy atom. The fourth-order valence-electron chi connectivity index (χ4n) is 3.28. The molecule has 0 aliphatic carbocycles. The first-order valence-electron chi connectivity index (χ1n) is 6.93. The summed E-state index contributed by atoms with van der Waals surface area (Å²) in [6.45, 7) is 2.81. The van der Waals surface area contributed by atoms with Gasteiger partial charge in [-0.15, -0.1) is 0 Å². The molecule has 0 bridgehead atoms. The van der Waals surface area contributed by atoms with E-state index in [9.17, 15) is 15.3 Å². The van der Waals surface area contributed by atoms with Crippen LogP contribution in [0.3, 0.4) is 0 Å². The summed E-state index contributed by atoms with van der Waals surface area (Å²) >= 11 is 0. The molecule has 2 saturated heterocycles. The zero-order chi connectivity index (χ0) is 13.1. The first-order chi connectivity index (χ1) is 8.66. The first kappa shape index (κ1) is 20.3. The van der Waals surface area contributed by atoms with E-state index in [4.69, 9.17) is 4.74 Å². The van der Waals surface area contributed by atoms with Gasteiger partial charge < -0.3 is 55.5 Å². The van der Waals surface area contributed by atoms with Crippen molar-refractivity contribution in [3.05, 3.63) is 0 Å². The van der Waals surface area contributed by atoms with Crippen molar-refractivity contribution >= 4 is 0 Å². The molecule has 122 valence electrons. The number of hydrogen-bond acceptors (Lipinski definition) is 4. The minimum absolute atomic E-state index is 0. The second-order valence-electron chi connectivity index (χ2n) is 5.43. The number of fused-ring (bicyclic) bond motifs is 1. The quantitative estimate of drug-likeness (QED) is 0.323. The first-order valence-corrected chi connectivity index (χ1v) is 6.93. The van der Waals surface area contributed by atoms with Gasteiger partial charge in [0, 0.05) is 6.42 Å². The molecule has 0 radical (unpaired) electrons. The van der Waals surface area contributed by atoms with Crippen LogP contribution in [0.5, 0.6) is 0 Å². The molecule has 2 fully saturated rings. The van der Waals surface area contributed by atoms with Gasteiger partial charge >= 0.3 is 0 Å². The van der Waals surface area contributed by atoms with Crippen LogP contribution in [-0.4, -0.2) is 72.0 Å². The lowest BCUT2D eigenvalue weighted by Gasteiger charge is -2.34. The van der Waals surface area contributed by atoms with Gasteiger partial charge in [-0.05, 0) is 12.8 Å². The van der Waals surface area contributed by atoms with E-state index in [-0.39, 0.29) is 36.9 Å². The van der Waals surface area contributed by atoms with E-state index in [1.54, 1.807) is 0 Å². The molecule has 0 amide bonds. The summed E-state index contributed by atoms with van der Waals surface area (Å²) in [7, 11) is 0. The number of ether oxygens (including phenoxy) is 1. The van der Waals surface area contributed by atoms with Crippen LogP contribution in [0.15, 0.2) is 0 Å². The van der Waals surface area contributed by atoms with Crippen LogP contribution in [-0.2, 0) is 4.74 Å². The van der Waals surface area contributed by atoms with Crippen LogP contribution in [0.4, 0.5) is 0 Å². The summed E-state index contributed by atoms with van der Waals surface area (Å²) in [5.41, 5.74) is 3.75. The maximum Gasteiger partial charge on any atom is 0.143 e. The van der Waals surface area contributed by atoms with Crippen molar-refractivity contribution in [2.45, 2.75) is 49.7 Å². The van der Waals surface area contributed by atoms with Crippen molar-refractivity contribution in [2.75, 3.05) is 26.3 Å². The Morgan fingerprint density at radius 3 is 2.50 bits per heavy atom. The number of aliphatic hydroxyl groups is 3. The summed E-state index contributed by atoms with van der Waals surface area (Å²) in [6, 6.07) is -0.375. The van der Waals surface area contributed by atoms with Gasteiger partial charge in [-0.25, -0.2) is 0 Å². The number of aliphatic hydroxyl groups excluding tert-OH is 3. The standard InChI is InChI=1S/C12H24N2O4.2ClH/c13-4-2-6-18-7-8-11(16)12(17)10-9(15)3-1-5-14(8)10;;/h8-12,15-17H,1-7,13H2;2*1H/t8-,9+,10+,11+,12-;;/m0../s1. The zero-order valence-corrected chi connectivity index (χ0v) is 13.1.